The zero-order chi connectivity index (χ0) is 13.7. The number of aliphatic hydroxyl groups excluding tert-OH is 1. The summed E-state index contributed by atoms with van der Waals surface area (Å²) in [6.45, 7) is 0.347. The molecular weight excluding hydrogens is 337 g/mol. The van der Waals surface area contributed by atoms with Crippen LogP contribution < -0.4 is 26.1 Å². The fraction of sp³-hybridized carbons (Fsp3) is 0.0909. The molecule has 0 bridgehead atoms. The van der Waals surface area contributed by atoms with E-state index in [0.717, 1.165) is 0 Å². The van der Waals surface area contributed by atoms with Gasteiger partial charge < -0.3 is 10.3 Å². The van der Waals surface area contributed by atoms with Crippen LogP contribution in [0.4, 0.5) is 0 Å². The number of hydrogen-bond acceptors (Lipinski definition) is 5. The van der Waals surface area contributed by atoms with Gasteiger partial charge in [-0.3, -0.25) is 10.2 Å². The van der Waals surface area contributed by atoms with E-state index in [9.17, 15) is 15.1 Å². The maximum atomic E-state index is 12.3. The van der Waals surface area contributed by atoms with E-state index in [0.29, 0.717) is 22.1 Å². The van der Waals surface area contributed by atoms with E-state index in [-0.39, 0.29) is 26.4 Å². The summed E-state index contributed by atoms with van der Waals surface area (Å²) in [7, 11) is 0. The first-order chi connectivity index (χ1) is 9.00. The smallest absolute Gasteiger partial charge is 0.283 e. The van der Waals surface area contributed by atoms with Crippen molar-refractivity contribution in [2.75, 3.05) is 0 Å². The van der Waals surface area contributed by atoms with Crippen molar-refractivity contribution >= 4 is 45.3 Å². The summed E-state index contributed by atoms with van der Waals surface area (Å²) in [5, 5.41) is 22.7. The van der Waals surface area contributed by atoms with Gasteiger partial charge in [0.1, 0.15) is 0 Å². The van der Waals surface area contributed by atoms with Crippen LogP contribution in [-0.4, -0.2) is 10.9 Å². The lowest BCUT2D eigenvalue weighted by Gasteiger charge is -2.17. The number of halogens is 2. The predicted molar refractivity (Wildman–Crippen MR) is 71.3 cm³/mol. The Morgan fingerprint density at radius 2 is 2.26 bits per heavy atom. The first kappa shape index (κ1) is 12.5. The molecule has 98 valence electrons. The van der Waals surface area contributed by atoms with E-state index in [1.807, 2.05) is 0 Å². The van der Waals surface area contributed by atoms with Crippen LogP contribution in [0.2, 0.25) is 0 Å². The highest BCUT2D eigenvalue weighted by Gasteiger charge is 2.30. The SMILES string of the molecule is O=C1C(Br)=C(Cl)C=c2cc3c([n+]([O-])c21)=C(O)NNC3. The number of carbonyl (C=O) groups is 1. The second kappa shape index (κ2) is 4.22. The molecule has 0 radical (unpaired) electrons. The number of carbonyl (C=O) groups excluding carboxylic acids is 1. The quantitative estimate of drug-likeness (QED) is 0.431. The lowest BCUT2D eigenvalue weighted by molar-refractivity contribution is -0.624. The molecule has 2 heterocycles. The number of fused-ring (bicyclic) bond motifs is 2. The Kier molecular flexibility index (Phi) is 2.77. The third-order valence-corrected chi connectivity index (χ3v) is 4.24. The van der Waals surface area contributed by atoms with Crippen LogP contribution in [0, 0.1) is 5.21 Å². The molecule has 0 aromatic carbocycles. The summed E-state index contributed by atoms with van der Waals surface area (Å²) in [6, 6.07) is 1.66. The molecule has 1 aliphatic heterocycles. The second-order valence-corrected chi connectivity index (χ2v) is 5.28. The van der Waals surface area contributed by atoms with Gasteiger partial charge in [0.15, 0.2) is 0 Å². The molecule has 6 nitrogen and oxygen atoms in total. The number of nitrogens with zero attached hydrogens (tertiary/aromatic N) is 1. The first-order valence-corrected chi connectivity index (χ1v) is 6.47. The summed E-state index contributed by atoms with van der Waals surface area (Å²) in [5.41, 5.74) is 5.68. The maximum Gasteiger partial charge on any atom is 0.283 e. The van der Waals surface area contributed by atoms with Crippen molar-refractivity contribution in [3.05, 3.63) is 42.6 Å². The summed E-state index contributed by atoms with van der Waals surface area (Å²) in [5.74, 6) is -0.824. The summed E-state index contributed by atoms with van der Waals surface area (Å²) < 4.78 is 0.560. The van der Waals surface area contributed by atoms with E-state index in [1.165, 1.54) is 6.08 Å². The van der Waals surface area contributed by atoms with Gasteiger partial charge in [-0.1, -0.05) is 11.6 Å². The van der Waals surface area contributed by atoms with Gasteiger partial charge in [-0.25, -0.2) is 5.43 Å². The highest BCUT2D eigenvalue weighted by molar-refractivity contribution is 9.12. The van der Waals surface area contributed by atoms with Crippen molar-refractivity contribution in [2.45, 2.75) is 6.54 Å². The first-order valence-electron chi connectivity index (χ1n) is 5.30. The number of rotatable bonds is 0. The zero-order valence-corrected chi connectivity index (χ0v) is 11.7. The van der Waals surface area contributed by atoms with Crippen molar-refractivity contribution in [1.29, 1.82) is 0 Å². The fourth-order valence-corrected chi connectivity index (χ4v) is 2.60. The standard InChI is InChI=1S/C11H7BrClN3O3/c12-7-6(13)2-4-1-5-3-14-15-11(18)9(5)16(19)8(4)10(7)17/h1-2,14-15,18H,3H2. The van der Waals surface area contributed by atoms with Crippen molar-refractivity contribution < 1.29 is 14.6 Å². The van der Waals surface area contributed by atoms with Gasteiger partial charge in [0.05, 0.1) is 14.7 Å². The Labute approximate surface area is 120 Å². The largest absolute Gasteiger partial charge is 0.618 e. The highest BCUT2D eigenvalue weighted by Crippen LogP contribution is 2.22. The Balaban J connectivity index is 2.47. The molecule has 3 rings (SSSR count). The lowest BCUT2D eigenvalue weighted by atomic mass is 10.1. The molecule has 8 heteroatoms. The minimum absolute atomic E-state index is 0.0394. The lowest BCUT2D eigenvalue weighted by Crippen LogP contribution is -2.61. The van der Waals surface area contributed by atoms with Crippen molar-refractivity contribution in [1.82, 2.24) is 10.9 Å². The van der Waals surface area contributed by atoms with Gasteiger partial charge >= 0.3 is 0 Å². The van der Waals surface area contributed by atoms with Gasteiger partial charge in [-0.15, -0.1) is 0 Å². The molecule has 0 spiro atoms. The van der Waals surface area contributed by atoms with Crippen molar-refractivity contribution in [3.63, 3.8) is 0 Å². The highest BCUT2D eigenvalue weighted by atomic mass is 79.9. The molecule has 0 fully saturated rings. The van der Waals surface area contributed by atoms with Gasteiger partial charge in [0.25, 0.3) is 22.7 Å². The van der Waals surface area contributed by atoms with Gasteiger partial charge in [-0.2, -0.15) is 4.73 Å². The Morgan fingerprint density at radius 3 is 3.00 bits per heavy atom. The third kappa shape index (κ3) is 1.73. The van der Waals surface area contributed by atoms with Crippen LogP contribution >= 0.6 is 27.5 Å². The number of ketones is 1. The molecule has 0 amide bonds. The molecule has 1 aromatic rings. The van der Waals surface area contributed by atoms with Crippen LogP contribution in [0.15, 0.2) is 15.6 Å². The average molecular weight is 345 g/mol. The van der Waals surface area contributed by atoms with E-state index in [1.54, 1.807) is 6.07 Å². The number of pyridine rings is 1. The van der Waals surface area contributed by atoms with Crippen LogP contribution in [0.25, 0.3) is 12.0 Å². The molecule has 0 unspecified atom stereocenters. The fourth-order valence-electron chi connectivity index (χ4n) is 2.09. The summed E-state index contributed by atoms with van der Waals surface area (Å²) >= 11 is 8.97. The molecule has 2 aliphatic rings. The Morgan fingerprint density at radius 1 is 1.53 bits per heavy atom. The molecule has 19 heavy (non-hydrogen) atoms. The molecular formula is C11H7BrClN3O3. The van der Waals surface area contributed by atoms with E-state index >= 15 is 0 Å². The normalized spacial score (nSPS) is 17.6. The molecule has 1 aliphatic carbocycles. The zero-order valence-electron chi connectivity index (χ0n) is 9.33. The number of nitrogens with one attached hydrogen (secondary N) is 2. The number of hydrogen-bond donors (Lipinski definition) is 3. The van der Waals surface area contributed by atoms with Crippen molar-refractivity contribution in [2.24, 2.45) is 0 Å². The van der Waals surface area contributed by atoms with Crippen LogP contribution in [0.3, 0.4) is 0 Å². The molecule has 0 saturated carbocycles. The minimum Gasteiger partial charge on any atom is -0.618 e. The van der Waals surface area contributed by atoms with Gasteiger partial charge in [-0.05, 0) is 28.1 Å². The topological polar surface area (TPSA) is 88.3 Å². The van der Waals surface area contributed by atoms with E-state index in [4.69, 9.17) is 11.6 Å². The van der Waals surface area contributed by atoms with E-state index < -0.39 is 5.78 Å². The third-order valence-electron chi connectivity index (χ3n) is 2.93. The van der Waals surface area contributed by atoms with Gasteiger partial charge in [0, 0.05) is 12.1 Å². The number of Topliss-reactive ketones (excluding diaryl/α,β-unsaturated/α-hetero) is 1. The van der Waals surface area contributed by atoms with E-state index in [2.05, 4.69) is 26.8 Å². The monoisotopic (exact) mass is 343 g/mol. The number of allylic oxidation sites excluding steroid dienone is 2. The van der Waals surface area contributed by atoms with Crippen LogP contribution in [-0.2, 0) is 6.54 Å². The number of hydrazine groups is 1. The number of aromatic nitrogens is 1. The Hall–Kier alpha value is -1.57. The predicted octanol–water partition coefficient (Wildman–Crippen LogP) is -0.626. The molecule has 1 aromatic heterocycles. The van der Waals surface area contributed by atoms with Gasteiger partial charge in [0.2, 0.25) is 0 Å². The summed E-state index contributed by atoms with van der Waals surface area (Å²) in [6.07, 6.45) is 1.54. The minimum atomic E-state index is -0.508. The van der Waals surface area contributed by atoms with Crippen LogP contribution in [0.5, 0.6) is 0 Å². The molecule has 0 atom stereocenters. The van der Waals surface area contributed by atoms with Crippen molar-refractivity contribution in [3.8, 4) is 0 Å². The maximum absolute atomic E-state index is 12.3. The molecule has 0 saturated heterocycles. The van der Waals surface area contributed by atoms with Crippen LogP contribution in [0.1, 0.15) is 16.1 Å². The molecule has 3 N–H and O–H groups in total. The number of aliphatic hydroxyl groups is 1. The Bertz CT molecular complexity index is 772. The summed E-state index contributed by atoms with van der Waals surface area (Å²) in [4.78, 5) is 12.1. The average Bonchev–Trinajstić information content (AvgIpc) is 2.35. The second-order valence-electron chi connectivity index (χ2n) is 4.08.